The van der Waals surface area contributed by atoms with Crippen molar-refractivity contribution < 1.29 is 4.79 Å². The van der Waals surface area contributed by atoms with Crippen LogP contribution in [0.25, 0.3) is 5.82 Å². The monoisotopic (exact) mass is 330 g/mol. The number of amides is 1. The van der Waals surface area contributed by atoms with Gasteiger partial charge in [0, 0.05) is 31.5 Å². The van der Waals surface area contributed by atoms with Gasteiger partial charge in [0.25, 0.3) is 5.91 Å². The van der Waals surface area contributed by atoms with Crippen LogP contribution in [-0.4, -0.2) is 48.3 Å². The fraction of sp³-hybridized carbons (Fsp3) is 0.231. The fourth-order valence-corrected chi connectivity index (χ4v) is 2.43. The van der Waals surface area contributed by atoms with Gasteiger partial charge in [0.15, 0.2) is 5.82 Å². The third kappa shape index (κ3) is 3.66. The molecule has 9 nitrogen and oxygen atoms in total. The zero-order chi connectivity index (χ0) is 16.1. The molecule has 0 bridgehead atoms. The largest absolute Gasteiger partial charge is 0.368 e. The van der Waals surface area contributed by atoms with Crippen LogP contribution in [0.1, 0.15) is 15.4 Å². The standard InChI is InChI=1S/C13H14N8OS/c1-9-12(23-20-19-9)13(22)15-5-4-14-10-7-11(17-8-16-10)21-6-2-3-18-21/h2-3,6-8H,4-5H2,1H3,(H,15,22)(H,14,16,17). The van der Waals surface area contributed by atoms with Crippen molar-refractivity contribution in [2.24, 2.45) is 0 Å². The Hall–Kier alpha value is -2.88. The number of hydrogen-bond acceptors (Lipinski definition) is 8. The highest BCUT2D eigenvalue weighted by molar-refractivity contribution is 7.07. The quantitative estimate of drug-likeness (QED) is 0.639. The Morgan fingerprint density at radius 3 is 3.00 bits per heavy atom. The van der Waals surface area contributed by atoms with E-state index < -0.39 is 0 Å². The average molecular weight is 330 g/mol. The Morgan fingerprint density at radius 2 is 2.26 bits per heavy atom. The number of rotatable bonds is 6. The average Bonchev–Trinajstić information content (AvgIpc) is 3.23. The summed E-state index contributed by atoms with van der Waals surface area (Å²) in [6, 6.07) is 3.60. The molecule has 3 aromatic heterocycles. The van der Waals surface area contributed by atoms with Crippen LogP contribution in [0.2, 0.25) is 0 Å². The summed E-state index contributed by atoms with van der Waals surface area (Å²) in [5, 5.41) is 13.9. The SMILES string of the molecule is Cc1nnsc1C(=O)NCCNc1cc(-n2cccn2)ncn1. The van der Waals surface area contributed by atoms with Gasteiger partial charge in [-0.05, 0) is 24.5 Å². The summed E-state index contributed by atoms with van der Waals surface area (Å²) >= 11 is 1.09. The van der Waals surface area contributed by atoms with Crippen molar-refractivity contribution in [3.8, 4) is 5.82 Å². The number of aromatic nitrogens is 6. The second-order valence-electron chi connectivity index (χ2n) is 4.58. The maximum Gasteiger partial charge on any atom is 0.265 e. The molecule has 0 atom stereocenters. The molecule has 10 heteroatoms. The Balaban J connectivity index is 1.50. The van der Waals surface area contributed by atoms with Gasteiger partial charge in [-0.15, -0.1) is 5.10 Å². The molecule has 23 heavy (non-hydrogen) atoms. The van der Waals surface area contributed by atoms with Crippen molar-refractivity contribution in [3.63, 3.8) is 0 Å². The van der Waals surface area contributed by atoms with E-state index in [9.17, 15) is 4.79 Å². The molecule has 0 unspecified atom stereocenters. The molecular formula is C13H14N8OS. The topological polar surface area (TPSA) is 111 Å². The van der Waals surface area contributed by atoms with Crippen molar-refractivity contribution in [3.05, 3.63) is 41.4 Å². The third-order valence-corrected chi connectivity index (χ3v) is 3.79. The van der Waals surface area contributed by atoms with Gasteiger partial charge in [0.05, 0.1) is 5.69 Å². The first kappa shape index (κ1) is 15.0. The van der Waals surface area contributed by atoms with E-state index in [0.717, 1.165) is 11.5 Å². The molecule has 2 N–H and O–H groups in total. The minimum absolute atomic E-state index is 0.167. The van der Waals surface area contributed by atoms with Gasteiger partial charge in [0.1, 0.15) is 17.0 Å². The van der Waals surface area contributed by atoms with Gasteiger partial charge in [-0.1, -0.05) is 4.49 Å². The van der Waals surface area contributed by atoms with E-state index in [1.807, 2.05) is 6.07 Å². The van der Waals surface area contributed by atoms with Crippen LogP contribution >= 0.6 is 11.5 Å². The van der Waals surface area contributed by atoms with Crippen LogP contribution in [0.3, 0.4) is 0 Å². The minimum atomic E-state index is -0.167. The first-order chi connectivity index (χ1) is 11.2. The number of aryl methyl sites for hydroxylation is 1. The van der Waals surface area contributed by atoms with Gasteiger partial charge in [-0.2, -0.15) is 5.10 Å². The number of carbonyl (C=O) groups is 1. The van der Waals surface area contributed by atoms with E-state index in [1.54, 1.807) is 30.1 Å². The summed E-state index contributed by atoms with van der Waals surface area (Å²) in [5.74, 6) is 1.16. The number of nitrogens with one attached hydrogen (secondary N) is 2. The summed E-state index contributed by atoms with van der Waals surface area (Å²) in [5.41, 5.74) is 0.639. The Morgan fingerprint density at radius 1 is 1.35 bits per heavy atom. The summed E-state index contributed by atoms with van der Waals surface area (Å²) in [6.45, 7) is 2.75. The van der Waals surface area contributed by atoms with E-state index in [1.165, 1.54) is 6.33 Å². The maximum atomic E-state index is 11.9. The molecule has 0 aromatic carbocycles. The number of anilines is 1. The molecule has 0 saturated carbocycles. The molecule has 0 aliphatic carbocycles. The lowest BCUT2D eigenvalue weighted by Gasteiger charge is -2.07. The predicted octanol–water partition coefficient (Wildman–Crippen LogP) is 0.664. The second-order valence-corrected chi connectivity index (χ2v) is 5.34. The van der Waals surface area contributed by atoms with Gasteiger partial charge in [-0.3, -0.25) is 4.79 Å². The van der Waals surface area contributed by atoms with Gasteiger partial charge in [0.2, 0.25) is 0 Å². The Bertz CT molecular complexity index is 785. The van der Waals surface area contributed by atoms with E-state index in [4.69, 9.17) is 0 Å². The van der Waals surface area contributed by atoms with Crippen LogP contribution < -0.4 is 10.6 Å². The molecule has 118 valence electrons. The minimum Gasteiger partial charge on any atom is -0.368 e. The summed E-state index contributed by atoms with van der Waals surface area (Å²) < 4.78 is 5.39. The van der Waals surface area contributed by atoms with Crippen molar-refractivity contribution in [1.29, 1.82) is 0 Å². The molecule has 0 aliphatic heterocycles. The van der Waals surface area contributed by atoms with Gasteiger partial charge < -0.3 is 10.6 Å². The predicted molar refractivity (Wildman–Crippen MR) is 84.6 cm³/mol. The van der Waals surface area contributed by atoms with Crippen molar-refractivity contribution in [2.45, 2.75) is 6.92 Å². The third-order valence-electron chi connectivity index (χ3n) is 2.97. The van der Waals surface area contributed by atoms with E-state index in [0.29, 0.717) is 35.3 Å². The highest BCUT2D eigenvalue weighted by Gasteiger charge is 2.12. The molecular weight excluding hydrogens is 316 g/mol. The molecule has 0 aliphatic rings. The van der Waals surface area contributed by atoms with Crippen LogP contribution in [0.4, 0.5) is 5.82 Å². The van der Waals surface area contributed by atoms with Crippen molar-refractivity contribution in [2.75, 3.05) is 18.4 Å². The lowest BCUT2D eigenvalue weighted by Crippen LogP contribution is -2.28. The molecule has 3 heterocycles. The Kier molecular flexibility index (Phi) is 4.52. The summed E-state index contributed by atoms with van der Waals surface area (Å²) in [4.78, 5) is 20.7. The molecule has 3 aromatic rings. The second kappa shape index (κ2) is 6.92. The number of carbonyl (C=O) groups excluding carboxylic acids is 1. The molecule has 0 radical (unpaired) electrons. The fourth-order valence-electron chi connectivity index (χ4n) is 1.86. The summed E-state index contributed by atoms with van der Waals surface area (Å²) in [7, 11) is 0. The van der Waals surface area contributed by atoms with Crippen LogP contribution in [0, 0.1) is 6.92 Å². The smallest absolute Gasteiger partial charge is 0.265 e. The zero-order valence-electron chi connectivity index (χ0n) is 12.3. The Labute approximate surface area is 136 Å². The lowest BCUT2D eigenvalue weighted by molar-refractivity contribution is 0.0958. The molecule has 0 saturated heterocycles. The highest BCUT2D eigenvalue weighted by Crippen LogP contribution is 2.09. The van der Waals surface area contributed by atoms with Crippen molar-refractivity contribution >= 4 is 23.3 Å². The van der Waals surface area contributed by atoms with Crippen molar-refractivity contribution in [1.82, 2.24) is 34.7 Å². The molecule has 3 rings (SSSR count). The van der Waals surface area contributed by atoms with E-state index in [2.05, 4.69) is 35.3 Å². The van der Waals surface area contributed by atoms with Gasteiger partial charge in [-0.25, -0.2) is 14.6 Å². The summed E-state index contributed by atoms with van der Waals surface area (Å²) in [6.07, 6.45) is 4.95. The maximum absolute atomic E-state index is 11.9. The van der Waals surface area contributed by atoms with Crippen LogP contribution in [-0.2, 0) is 0 Å². The highest BCUT2D eigenvalue weighted by atomic mass is 32.1. The zero-order valence-corrected chi connectivity index (χ0v) is 13.1. The van der Waals surface area contributed by atoms with E-state index in [-0.39, 0.29) is 5.91 Å². The first-order valence-electron chi connectivity index (χ1n) is 6.87. The first-order valence-corrected chi connectivity index (χ1v) is 7.64. The normalized spacial score (nSPS) is 10.5. The van der Waals surface area contributed by atoms with Gasteiger partial charge >= 0.3 is 0 Å². The van der Waals surface area contributed by atoms with Crippen LogP contribution in [0.5, 0.6) is 0 Å². The molecule has 0 spiro atoms. The molecule has 1 amide bonds. The molecule has 0 fully saturated rings. The van der Waals surface area contributed by atoms with Crippen LogP contribution in [0.15, 0.2) is 30.9 Å². The number of hydrogen-bond donors (Lipinski definition) is 2. The van der Waals surface area contributed by atoms with E-state index >= 15 is 0 Å². The number of nitrogens with zero attached hydrogens (tertiary/aromatic N) is 6. The lowest BCUT2D eigenvalue weighted by atomic mass is 10.4.